The van der Waals surface area contributed by atoms with Gasteiger partial charge in [0.05, 0.1) is 11.4 Å². The number of hydrogen-bond acceptors (Lipinski definition) is 1. The van der Waals surface area contributed by atoms with Gasteiger partial charge in [0.25, 0.3) is 0 Å². The van der Waals surface area contributed by atoms with E-state index in [0.717, 1.165) is 5.69 Å². The van der Waals surface area contributed by atoms with Crippen molar-refractivity contribution >= 4 is 40.9 Å². The fourth-order valence-corrected chi connectivity index (χ4v) is 6.30. The highest BCUT2D eigenvalue weighted by Gasteiger charge is 2.25. The van der Waals surface area contributed by atoms with Crippen LogP contribution in [0.25, 0.3) is 46.1 Å². The smallest absolute Gasteiger partial charge is 0.0540 e. The molecule has 0 aromatic heterocycles. The molecule has 41 heavy (non-hydrogen) atoms. The van der Waals surface area contributed by atoms with E-state index in [4.69, 9.17) is 0 Å². The molecule has 0 amide bonds. The molecule has 1 nitrogen and oxygen atoms in total. The number of anilines is 3. The summed E-state index contributed by atoms with van der Waals surface area (Å²) < 4.78 is 0. The molecule has 0 spiro atoms. The molecule has 0 unspecified atom stereocenters. The highest BCUT2D eigenvalue weighted by atomic mass is 15.1. The van der Waals surface area contributed by atoms with Crippen LogP contribution < -0.4 is 4.90 Å². The lowest BCUT2D eigenvalue weighted by Crippen LogP contribution is -2.10. The summed E-state index contributed by atoms with van der Waals surface area (Å²) in [6, 6.07) is 52.5. The number of hydrogen-bond donors (Lipinski definition) is 0. The number of benzene rings is 6. The Morgan fingerprint density at radius 2 is 0.780 bits per heavy atom. The average Bonchev–Trinajstić information content (AvgIpc) is 3.27. The van der Waals surface area contributed by atoms with Crippen molar-refractivity contribution in [2.24, 2.45) is 0 Å². The first-order valence-corrected chi connectivity index (χ1v) is 14.1. The van der Waals surface area contributed by atoms with Gasteiger partial charge in [-0.25, -0.2) is 0 Å². The molecule has 0 saturated carbocycles. The van der Waals surface area contributed by atoms with Crippen LogP contribution in [0.15, 0.2) is 146 Å². The molecule has 6 aromatic carbocycles. The number of para-hydroxylation sites is 2. The lowest BCUT2D eigenvalue weighted by atomic mass is 9.92. The van der Waals surface area contributed by atoms with Gasteiger partial charge in [-0.2, -0.15) is 0 Å². The second kappa shape index (κ2) is 9.66. The van der Waals surface area contributed by atoms with E-state index in [0.29, 0.717) is 0 Å². The van der Waals surface area contributed by atoms with Crippen LogP contribution in [0.5, 0.6) is 0 Å². The molecule has 0 saturated heterocycles. The zero-order valence-electron chi connectivity index (χ0n) is 22.5. The Morgan fingerprint density at radius 3 is 1.29 bits per heavy atom. The maximum Gasteiger partial charge on any atom is 0.0540 e. The Morgan fingerprint density at radius 1 is 0.366 bits per heavy atom. The number of rotatable bonds is 2. The largest absolute Gasteiger partial charge is 0.309 e. The van der Waals surface area contributed by atoms with Crippen molar-refractivity contribution in [3.8, 4) is 22.3 Å². The molecule has 1 aliphatic carbocycles. The Bertz CT molecular complexity index is 1870. The van der Waals surface area contributed by atoms with E-state index in [1.165, 1.54) is 67.0 Å². The van der Waals surface area contributed by atoms with E-state index in [-0.39, 0.29) is 0 Å². The monoisotopic (exact) mass is 521 g/mol. The third-order valence-corrected chi connectivity index (χ3v) is 8.20. The van der Waals surface area contributed by atoms with Gasteiger partial charge in [-0.3, -0.25) is 0 Å². The van der Waals surface area contributed by atoms with Gasteiger partial charge in [0.2, 0.25) is 0 Å². The van der Waals surface area contributed by atoms with Crippen LogP contribution in [-0.4, -0.2) is 0 Å². The molecule has 8 rings (SSSR count). The van der Waals surface area contributed by atoms with Gasteiger partial charge >= 0.3 is 0 Å². The third kappa shape index (κ3) is 3.94. The second-order valence-corrected chi connectivity index (χ2v) is 10.6. The van der Waals surface area contributed by atoms with E-state index in [2.05, 4.69) is 169 Å². The lowest BCUT2D eigenvalue weighted by Gasteiger charge is -2.27. The topological polar surface area (TPSA) is 3.24 Å². The molecule has 0 N–H and O–H groups in total. The standard InChI is InChI=1S/C40H27N/c1-3-13-32-29(11-1)23-24-30-12-2-4-14-33(30)38(32)27-28-21-25-31(26-22-28)41-39-19-9-7-17-36(39)34-15-5-6-16-35(34)37-18-8-10-20-40(37)41/h1-27H. The molecule has 2 aliphatic rings. The Labute approximate surface area is 241 Å². The first-order valence-electron chi connectivity index (χ1n) is 14.1. The van der Waals surface area contributed by atoms with Crippen LogP contribution in [0.1, 0.15) is 27.8 Å². The van der Waals surface area contributed by atoms with Crippen molar-refractivity contribution in [3.05, 3.63) is 173 Å². The predicted octanol–water partition coefficient (Wildman–Crippen LogP) is 10.9. The van der Waals surface area contributed by atoms with Crippen molar-refractivity contribution in [1.29, 1.82) is 0 Å². The number of fused-ring (bicyclic) bond motifs is 7. The molecule has 6 aromatic rings. The van der Waals surface area contributed by atoms with Crippen molar-refractivity contribution in [3.63, 3.8) is 0 Å². The number of nitrogens with zero attached hydrogens (tertiary/aromatic N) is 1. The quantitative estimate of drug-likeness (QED) is 0.219. The molecule has 0 bridgehead atoms. The summed E-state index contributed by atoms with van der Waals surface area (Å²) in [5.41, 5.74) is 15.9. The normalized spacial score (nSPS) is 12.7. The van der Waals surface area contributed by atoms with Gasteiger partial charge in [-0.15, -0.1) is 0 Å². The van der Waals surface area contributed by atoms with Crippen LogP contribution in [0.3, 0.4) is 0 Å². The van der Waals surface area contributed by atoms with Gasteiger partial charge < -0.3 is 4.90 Å². The highest BCUT2D eigenvalue weighted by molar-refractivity contribution is 6.03. The van der Waals surface area contributed by atoms with Gasteiger partial charge in [0.15, 0.2) is 0 Å². The minimum absolute atomic E-state index is 1.14. The molecule has 0 fully saturated rings. The molecule has 1 aliphatic heterocycles. The average molecular weight is 522 g/mol. The third-order valence-electron chi connectivity index (χ3n) is 8.20. The fourth-order valence-electron chi connectivity index (χ4n) is 6.30. The first-order chi connectivity index (χ1) is 20.3. The van der Waals surface area contributed by atoms with Gasteiger partial charge in [0, 0.05) is 16.8 Å². The summed E-state index contributed by atoms with van der Waals surface area (Å²) in [5.74, 6) is 0. The fraction of sp³-hybridized carbons (Fsp3) is 0. The van der Waals surface area contributed by atoms with E-state index in [1.807, 2.05) is 0 Å². The molecule has 1 heterocycles. The Hall–Kier alpha value is -5.40. The summed E-state index contributed by atoms with van der Waals surface area (Å²) in [6.07, 6.45) is 6.78. The van der Waals surface area contributed by atoms with E-state index in [1.54, 1.807) is 0 Å². The lowest BCUT2D eigenvalue weighted by molar-refractivity contribution is 1.29. The summed E-state index contributed by atoms with van der Waals surface area (Å²) >= 11 is 0. The van der Waals surface area contributed by atoms with Crippen LogP contribution in [-0.2, 0) is 0 Å². The predicted molar refractivity (Wildman–Crippen MR) is 174 cm³/mol. The maximum atomic E-state index is 2.40. The van der Waals surface area contributed by atoms with Crippen LogP contribution in [0.4, 0.5) is 17.1 Å². The van der Waals surface area contributed by atoms with E-state index in [9.17, 15) is 0 Å². The van der Waals surface area contributed by atoms with Crippen LogP contribution in [0.2, 0.25) is 0 Å². The summed E-state index contributed by atoms with van der Waals surface area (Å²) in [7, 11) is 0. The summed E-state index contributed by atoms with van der Waals surface area (Å²) in [4.78, 5) is 2.40. The Kier molecular flexibility index (Phi) is 5.53. The SMILES string of the molecule is C1=Cc2ccccc2C(=Cc2ccc(N3c4ccccc4-c4ccccc4-c4ccccc43)cc2)c2ccccc21. The molecule has 0 atom stereocenters. The van der Waals surface area contributed by atoms with Gasteiger partial charge in [-0.05, 0) is 74.9 Å². The van der Waals surface area contributed by atoms with Crippen molar-refractivity contribution in [1.82, 2.24) is 0 Å². The highest BCUT2D eigenvalue weighted by Crippen LogP contribution is 2.50. The minimum atomic E-state index is 1.14. The first kappa shape index (κ1) is 23.5. The molecule has 0 radical (unpaired) electrons. The summed E-state index contributed by atoms with van der Waals surface area (Å²) in [5, 5.41) is 0. The molecule has 192 valence electrons. The van der Waals surface area contributed by atoms with Crippen molar-refractivity contribution < 1.29 is 0 Å². The van der Waals surface area contributed by atoms with Crippen molar-refractivity contribution in [2.45, 2.75) is 0 Å². The van der Waals surface area contributed by atoms with E-state index < -0.39 is 0 Å². The molecule has 1 heteroatoms. The summed E-state index contributed by atoms with van der Waals surface area (Å²) in [6.45, 7) is 0. The Balaban J connectivity index is 1.28. The zero-order chi connectivity index (χ0) is 27.2. The van der Waals surface area contributed by atoms with Crippen molar-refractivity contribution in [2.75, 3.05) is 4.90 Å². The van der Waals surface area contributed by atoms with Gasteiger partial charge in [0.1, 0.15) is 0 Å². The molecular formula is C40H27N. The van der Waals surface area contributed by atoms with Crippen LogP contribution in [0, 0.1) is 0 Å². The van der Waals surface area contributed by atoms with Gasteiger partial charge in [-0.1, -0.05) is 133 Å². The molecular weight excluding hydrogens is 494 g/mol. The minimum Gasteiger partial charge on any atom is -0.309 e. The van der Waals surface area contributed by atoms with Crippen LogP contribution >= 0.6 is 0 Å². The van der Waals surface area contributed by atoms with E-state index >= 15 is 0 Å². The maximum absolute atomic E-state index is 2.40. The second-order valence-electron chi connectivity index (χ2n) is 10.6. The zero-order valence-corrected chi connectivity index (χ0v) is 22.5.